The number of hydrogen-bond acceptors (Lipinski definition) is 3. The third-order valence-electron chi connectivity index (χ3n) is 6.13. The van der Waals surface area contributed by atoms with Crippen LogP contribution in [0.15, 0.2) is 60.7 Å². The molecule has 2 aromatic rings. The van der Waals surface area contributed by atoms with E-state index in [1.807, 2.05) is 43.3 Å². The van der Waals surface area contributed by atoms with Crippen molar-refractivity contribution in [1.29, 1.82) is 0 Å². The van der Waals surface area contributed by atoms with Crippen LogP contribution in [0.3, 0.4) is 0 Å². The van der Waals surface area contributed by atoms with Gasteiger partial charge in [0.15, 0.2) is 0 Å². The lowest BCUT2D eigenvalue weighted by atomic mass is 9.88. The smallest absolute Gasteiger partial charge is 0.410 e. The van der Waals surface area contributed by atoms with E-state index in [1.165, 1.54) is 5.56 Å². The molecule has 2 fully saturated rings. The maximum Gasteiger partial charge on any atom is 0.410 e. The molecule has 4 nitrogen and oxygen atoms in total. The van der Waals surface area contributed by atoms with Crippen molar-refractivity contribution in [3.8, 4) is 0 Å². The van der Waals surface area contributed by atoms with Crippen molar-refractivity contribution in [2.75, 3.05) is 13.1 Å². The van der Waals surface area contributed by atoms with E-state index in [9.17, 15) is 4.79 Å². The van der Waals surface area contributed by atoms with E-state index in [-0.39, 0.29) is 18.7 Å². The summed E-state index contributed by atoms with van der Waals surface area (Å²) in [5, 5.41) is 3.42. The summed E-state index contributed by atoms with van der Waals surface area (Å²) in [7, 11) is 0. The number of amides is 1. The highest BCUT2D eigenvalue weighted by Crippen LogP contribution is 2.41. The Morgan fingerprint density at radius 1 is 1.17 bits per heavy atom. The van der Waals surface area contributed by atoms with Gasteiger partial charge >= 0.3 is 6.09 Å². The average Bonchev–Trinajstić information content (AvgIpc) is 3.52. The quantitative estimate of drug-likeness (QED) is 0.772. The van der Waals surface area contributed by atoms with Crippen LogP contribution in [0.1, 0.15) is 43.2 Å². The molecule has 0 radical (unpaired) electrons. The summed E-state index contributed by atoms with van der Waals surface area (Å²) in [5.74, 6) is 0.491. The van der Waals surface area contributed by atoms with E-state index in [0.29, 0.717) is 37.9 Å². The topological polar surface area (TPSA) is 41.6 Å². The predicted molar refractivity (Wildman–Crippen MR) is 111 cm³/mol. The second-order valence-corrected chi connectivity index (χ2v) is 8.43. The number of halogens is 1. The van der Waals surface area contributed by atoms with Gasteiger partial charge in [0, 0.05) is 43.9 Å². The Bertz CT molecular complexity index is 816. The van der Waals surface area contributed by atoms with Gasteiger partial charge in [0.05, 0.1) is 0 Å². The lowest BCUT2D eigenvalue weighted by molar-refractivity contribution is 0.0148. The molecule has 2 aromatic carbocycles. The molecule has 1 saturated heterocycles. The van der Waals surface area contributed by atoms with Gasteiger partial charge in [0.2, 0.25) is 0 Å². The minimum atomic E-state index is -1.28. The van der Waals surface area contributed by atoms with E-state index in [1.54, 1.807) is 4.90 Å². The summed E-state index contributed by atoms with van der Waals surface area (Å²) in [4.78, 5) is 14.1. The molecule has 0 spiro atoms. The van der Waals surface area contributed by atoms with Crippen LogP contribution >= 0.6 is 0 Å². The van der Waals surface area contributed by atoms with Gasteiger partial charge < -0.3 is 15.0 Å². The van der Waals surface area contributed by atoms with E-state index in [2.05, 4.69) is 29.6 Å². The first-order valence-electron chi connectivity index (χ1n) is 10.5. The van der Waals surface area contributed by atoms with E-state index >= 15 is 4.39 Å². The van der Waals surface area contributed by atoms with Crippen LogP contribution in [0.4, 0.5) is 9.18 Å². The van der Waals surface area contributed by atoms with Crippen LogP contribution in [0.25, 0.3) is 0 Å². The fraction of sp³-hybridized carbons (Fsp3) is 0.458. The van der Waals surface area contributed by atoms with Gasteiger partial charge in [-0.1, -0.05) is 60.7 Å². The molecule has 1 amide bonds. The molecule has 1 N–H and O–H groups in total. The first kappa shape index (κ1) is 19.9. The second kappa shape index (κ2) is 8.54. The van der Waals surface area contributed by atoms with Crippen LogP contribution in [0.2, 0.25) is 0 Å². The standard InChI is InChI=1S/C24H29FN2O2/c1-18-15-24(25,17-26-22-14-21(22)20-10-6-3-7-11-20)12-13-27(18)23(28)29-16-19-8-4-2-5-9-19/h2-11,18,21-22,26H,12-17H2,1H3/t18?,21?,22-,24?/m1/s1. The third-order valence-corrected chi connectivity index (χ3v) is 6.13. The molecule has 0 bridgehead atoms. The number of piperidine rings is 1. The highest BCUT2D eigenvalue weighted by molar-refractivity contribution is 5.68. The minimum absolute atomic E-state index is 0.178. The molecule has 1 aliphatic carbocycles. The van der Waals surface area contributed by atoms with Gasteiger partial charge in [0.1, 0.15) is 12.3 Å². The maximum atomic E-state index is 15.4. The van der Waals surface area contributed by atoms with Crippen molar-refractivity contribution in [2.45, 2.75) is 56.5 Å². The Labute approximate surface area is 172 Å². The van der Waals surface area contributed by atoms with Crippen LogP contribution < -0.4 is 5.32 Å². The Kier molecular flexibility index (Phi) is 5.86. The molecule has 5 heteroatoms. The van der Waals surface area contributed by atoms with Crippen molar-refractivity contribution in [1.82, 2.24) is 10.2 Å². The molecule has 154 valence electrons. The summed E-state index contributed by atoms with van der Waals surface area (Å²) in [5.41, 5.74) is 0.994. The van der Waals surface area contributed by atoms with E-state index in [0.717, 1.165) is 12.0 Å². The first-order chi connectivity index (χ1) is 14.0. The van der Waals surface area contributed by atoms with Crippen LogP contribution in [-0.2, 0) is 11.3 Å². The van der Waals surface area contributed by atoms with Crippen molar-refractivity contribution >= 4 is 6.09 Å². The lowest BCUT2D eigenvalue weighted by Gasteiger charge is -2.40. The average molecular weight is 397 g/mol. The van der Waals surface area contributed by atoms with Crippen molar-refractivity contribution in [3.63, 3.8) is 0 Å². The Morgan fingerprint density at radius 3 is 2.55 bits per heavy atom. The number of hydrogen-bond donors (Lipinski definition) is 1. The summed E-state index contributed by atoms with van der Waals surface area (Å²) in [6.07, 6.45) is 1.38. The Balaban J connectivity index is 1.23. The molecule has 1 heterocycles. The number of rotatable bonds is 6. The lowest BCUT2D eigenvalue weighted by Crippen LogP contribution is -2.53. The molecule has 1 aliphatic heterocycles. The Hall–Kier alpha value is -2.40. The zero-order valence-electron chi connectivity index (χ0n) is 16.9. The summed E-state index contributed by atoms with van der Waals surface area (Å²) < 4.78 is 20.8. The maximum absolute atomic E-state index is 15.4. The van der Waals surface area contributed by atoms with Crippen molar-refractivity contribution in [2.24, 2.45) is 0 Å². The zero-order valence-corrected chi connectivity index (χ0v) is 16.9. The normalized spacial score (nSPS) is 28.8. The number of ether oxygens (including phenoxy) is 1. The number of benzene rings is 2. The molecule has 1 saturated carbocycles. The van der Waals surface area contributed by atoms with Crippen molar-refractivity contribution < 1.29 is 13.9 Å². The predicted octanol–water partition coefficient (Wildman–Crippen LogP) is 4.66. The summed E-state index contributed by atoms with van der Waals surface area (Å²) in [6.45, 7) is 2.88. The monoisotopic (exact) mass is 396 g/mol. The van der Waals surface area contributed by atoms with Crippen LogP contribution in [0, 0.1) is 0 Å². The summed E-state index contributed by atoms with van der Waals surface area (Å²) in [6, 6.07) is 20.2. The number of likely N-dealkylation sites (tertiary alicyclic amines) is 1. The van der Waals surface area contributed by atoms with Gasteiger partial charge in [0.25, 0.3) is 0 Å². The highest BCUT2D eigenvalue weighted by Gasteiger charge is 2.44. The van der Waals surface area contributed by atoms with Gasteiger partial charge in [-0.05, 0) is 24.5 Å². The highest BCUT2D eigenvalue weighted by atomic mass is 19.1. The molecule has 3 unspecified atom stereocenters. The zero-order chi connectivity index (χ0) is 20.3. The molecule has 29 heavy (non-hydrogen) atoms. The SMILES string of the molecule is CC1CC(F)(CN[C@@H]2CC2c2ccccc2)CCN1C(=O)OCc1ccccc1. The third kappa shape index (κ3) is 4.96. The number of carbonyl (C=O) groups is 1. The van der Waals surface area contributed by atoms with Gasteiger partial charge in [-0.2, -0.15) is 0 Å². The Morgan fingerprint density at radius 2 is 1.86 bits per heavy atom. The number of carbonyl (C=O) groups excluding carboxylic acids is 1. The molecule has 0 aromatic heterocycles. The molecular formula is C24H29FN2O2. The minimum Gasteiger partial charge on any atom is -0.445 e. The fourth-order valence-corrected chi connectivity index (χ4v) is 4.32. The number of alkyl halides is 1. The number of nitrogens with one attached hydrogen (secondary N) is 1. The molecule has 4 rings (SSSR count). The van der Waals surface area contributed by atoms with Gasteiger partial charge in [-0.15, -0.1) is 0 Å². The fourth-order valence-electron chi connectivity index (χ4n) is 4.32. The first-order valence-corrected chi connectivity index (χ1v) is 10.5. The largest absolute Gasteiger partial charge is 0.445 e. The van der Waals surface area contributed by atoms with Crippen LogP contribution in [0.5, 0.6) is 0 Å². The molecular weight excluding hydrogens is 367 g/mol. The van der Waals surface area contributed by atoms with Crippen LogP contribution in [-0.4, -0.2) is 41.8 Å². The van der Waals surface area contributed by atoms with E-state index < -0.39 is 5.67 Å². The van der Waals surface area contributed by atoms with Gasteiger partial charge in [-0.25, -0.2) is 9.18 Å². The second-order valence-electron chi connectivity index (χ2n) is 8.43. The summed E-state index contributed by atoms with van der Waals surface area (Å²) >= 11 is 0. The van der Waals surface area contributed by atoms with Gasteiger partial charge in [-0.3, -0.25) is 0 Å². The van der Waals surface area contributed by atoms with Crippen molar-refractivity contribution in [3.05, 3.63) is 71.8 Å². The number of nitrogens with zero attached hydrogens (tertiary/aromatic N) is 1. The molecule has 2 aliphatic rings. The van der Waals surface area contributed by atoms with E-state index in [4.69, 9.17) is 4.74 Å². The molecule has 4 atom stereocenters.